The van der Waals surface area contributed by atoms with Crippen molar-refractivity contribution in [1.82, 2.24) is 0 Å². The van der Waals surface area contributed by atoms with Gasteiger partial charge in [-0.2, -0.15) is 0 Å². The fourth-order valence-electron chi connectivity index (χ4n) is 2.71. The monoisotopic (exact) mass is 333 g/mol. The van der Waals surface area contributed by atoms with Gasteiger partial charge in [0.15, 0.2) is 6.29 Å². The summed E-state index contributed by atoms with van der Waals surface area (Å²) >= 11 is 0. The van der Waals surface area contributed by atoms with Gasteiger partial charge in [0.1, 0.15) is 5.75 Å². The standard InChI is InChI=1S/C20H31NO3/c1-19(2,3)15-10-14(12-21-13-17-23-8-9-24-17)18(22-7)16(11-15)20(4,5)6/h10-12,17H,8-9,13H2,1-7H3/b21-12+. The summed E-state index contributed by atoms with van der Waals surface area (Å²) < 4.78 is 16.6. The molecule has 0 atom stereocenters. The van der Waals surface area contributed by atoms with E-state index in [9.17, 15) is 0 Å². The minimum absolute atomic E-state index is 0.00708. The molecule has 1 aromatic rings. The Balaban J connectivity index is 2.41. The van der Waals surface area contributed by atoms with Crippen LogP contribution in [0.4, 0.5) is 0 Å². The Hall–Kier alpha value is -1.39. The predicted molar refractivity (Wildman–Crippen MR) is 98.5 cm³/mol. The Bertz CT molecular complexity index is 588. The maximum absolute atomic E-state index is 5.74. The van der Waals surface area contributed by atoms with Crippen molar-refractivity contribution >= 4 is 6.21 Å². The first-order valence-electron chi connectivity index (χ1n) is 8.59. The Kier molecular flexibility index (Phi) is 5.71. The van der Waals surface area contributed by atoms with Crippen LogP contribution >= 0.6 is 0 Å². The Morgan fingerprint density at radius 3 is 2.21 bits per heavy atom. The van der Waals surface area contributed by atoms with Crippen molar-refractivity contribution in [2.45, 2.75) is 58.7 Å². The highest BCUT2D eigenvalue weighted by Crippen LogP contribution is 2.37. The van der Waals surface area contributed by atoms with Gasteiger partial charge in [-0.25, -0.2) is 0 Å². The summed E-state index contributed by atoms with van der Waals surface area (Å²) in [7, 11) is 1.72. The average Bonchev–Trinajstić information content (AvgIpc) is 2.97. The highest BCUT2D eigenvalue weighted by molar-refractivity contribution is 5.85. The summed E-state index contributed by atoms with van der Waals surface area (Å²) in [6, 6.07) is 4.44. The van der Waals surface area contributed by atoms with Crippen LogP contribution in [0.3, 0.4) is 0 Å². The summed E-state index contributed by atoms with van der Waals surface area (Å²) in [5.41, 5.74) is 3.54. The Morgan fingerprint density at radius 2 is 1.71 bits per heavy atom. The van der Waals surface area contributed by atoms with Gasteiger partial charge in [0.25, 0.3) is 0 Å². The van der Waals surface area contributed by atoms with E-state index in [0.717, 1.165) is 11.3 Å². The molecule has 1 aliphatic heterocycles. The van der Waals surface area contributed by atoms with Crippen LogP contribution in [0, 0.1) is 0 Å². The highest BCUT2D eigenvalue weighted by Gasteiger charge is 2.25. The van der Waals surface area contributed by atoms with Gasteiger partial charge in [0.05, 0.1) is 26.9 Å². The lowest BCUT2D eigenvalue weighted by Crippen LogP contribution is -2.19. The van der Waals surface area contributed by atoms with E-state index >= 15 is 0 Å². The number of ether oxygens (including phenoxy) is 3. The lowest BCUT2D eigenvalue weighted by molar-refractivity contribution is -0.0325. The molecule has 24 heavy (non-hydrogen) atoms. The second-order valence-electron chi connectivity index (χ2n) is 8.31. The number of aliphatic imine (C=N–C) groups is 1. The normalized spacial score (nSPS) is 17.0. The largest absolute Gasteiger partial charge is 0.496 e. The molecule has 2 rings (SSSR count). The average molecular weight is 333 g/mol. The fourth-order valence-corrected chi connectivity index (χ4v) is 2.71. The maximum Gasteiger partial charge on any atom is 0.177 e. The number of benzene rings is 1. The van der Waals surface area contributed by atoms with Crippen molar-refractivity contribution in [2.24, 2.45) is 4.99 Å². The summed E-state index contributed by atoms with van der Waals surface area (Å²) in [6.07, 6.45) is 1.66. The fraction of sp³-hybridized carbons (Fsp3) is 0.650. The number of methoxy groups -OCH3 is 1. The first kappa shape index (κ1) is 18.9. The number of nitrogens with zero attached hydrogens (tertiary/aromatic N) is 1. The van der Waals surface area contributed by atoms with Crippen LogP contribution in [0.25, 0.3) is 0 Å². The van der Waals surface area contributed by atoms with Gasteiger partial charge in [0.2, 0.25) is 0 Å². The third-order valence-corrected chi connectivity index (χ3v) is 4.17. The molecule has 4 heteroatoms. The zero-order chi connectivity index (χ0) is 18.0. The molecule has 0 aromatic heterocycles. The van der Waals surface area contributed by atoms with Crippen LogP contribution in [0.5, 0.6) is 5.75 Å². The highest BCUT2D eigenvalue weighted by atomic mass is 16.7. The minimum Gasteiger partial charge on any atom is -0.496 e. The zero-order valence-electron chi connectivity index (χ0n) is 16.1. The van der Waals surface area contributed by atoms with Crippen LogP contribution in [-0.4, -0.2) is 39.4 Å². The molecule has 1 heterocycles. The lowest BCUT2D eigenvalue weighted by Gasteiger charge is -2.28. The molecule has 0 unspecified atom stereocenters. The van der Waals surface area contributed by atoms with Gasteiger partial charge in [-0.15, -0.1) is 0 Å². The van der Waals surface area contributed by atoms with Crippen LogP contribution in [0.1, 0.15) is 58.2 Å². The molecule has 0 saturated carbocycles. The van der Waals surface area contributed by atoms with Crippen molar-refractivity contribution in [2.75, 3.05) is 26.9 Å². The Labute approximate surface area is 146 Å². The molecule has 4 nitrogen and oxygen atoms in total. The summed E-state index contributed by atoms with van der Waals surface area (Å²) in [6.45, 7) is 15.1. The predicted octanol–water partition coefficient (Wildman–Crippen LogP) is 4.08. The summed E-state index contributed by atoms with van der Waals surface area (Å²) in [4.78, 5) is 4.52. The number of hydrogen-bond acceptors (Lipinski definition) is 4. The molecular formula is C20H31NO3. The number of rotatable bonds is 4. The molecule has 134 valence electrons. The van der Waals surface area contributed by atoms with E-state index in [1.807, 2.05) is 6.21 Å². The van der Waals surface area contributed by atoms with Gasteiger partial charge in [-0.3, -0.25) is 4.99 Å². The molecule has 1 aromatic carbocycles. The zero-order valence-corrected chi connectivity index (χ0v) is 16.1. The first-order chi connectivity index (χ1) is 11.1. The van der Waals surface area contributed by atoms with Gasteiger partial charge in [-0.05, 0) is 22.5 Å². The molecule has 0 radical (unpaired) electrons. The molecule has 1 aliphatic rings. The molecular weight excluding hydrogens is 302 g/mol. The van der Waals surface area contributed by atoms with Crippen molar-refractivity contribution in [1.29, 1.82) is 0 Å². The van der Waals surface area contributed by atoms with Crippen molar-refractivity contribution in [3.05, 3.63) is 28.8 Å². The second kappa shape index (κ2) is 7.24. The molecule has 0 bridgehead atoms. The second-order valence-corrected chi connectivity index (χ2v) is 8.31. The van der Waals surface area contributed by atoms with Gasteiger partial charge >= 0.3 is 0 Å². The molecule has 0 amide bonds. The Morgan fingerprint density at radius 1 is 1.08 bits per heavy atom. The molecule has 0 spiro atoms. The maximum atomic E-state index is 5.74. The van der Waals surface area contributed by atoms with Crippen molar-refractivity contribution in [3.8, 4) is 5.75 Å². The molecule has 0 N–H and O–H groups in total. The third kappa shape index (κ3) is 4.58. The van der Waals surface area contributed by atoms with E-state index in [0.29, 0.717) is 19.8 Å². The SMILES string of the molecule is COc1c(/C=N/CC2OCCO2)cc(C(C)(C)C)cc1C(C)(C)C. The van der Waals surface area contributed by atoms with Crippen molar-refractivity contribution in [3.63, 3.8) is 0 Å². The van der Waals surface area contributed by atoms with Gasteiger partial charge in [0, 0.05) is 17.3 Å². The van der Waals surface area contributed by atoms with Crippen LogP contribution in [-0.2, 0) is 20.3 Å². The van der Waals surface area contributed by atoms with E-state index in [-0.39, 0.29) is 17.1 Å². The lowest BCUT2D eigenvalue weighted by atomic mass is 9.79. The van der Waals surface area contributed by atoms with Crippen LogP contribution in [0.2, 0.25) is 0 Å². The molecule has 1 saturated heterocycles. The minimum atomic E-state index is -0.222. The smallest absolute Gasteiger partial charge is 0.177 e. The topological polar surface area (TPSA) is 40.0 Å². The van der Waals surface area contributed by atoms with Gasteiger partial charge in [-0.1, -0.05) is 47.6 Å². The third-order valence-electron chi connectivity index (χ3n) is 4.17. The van der Waals surface area contributed by atoms with E-state index in [1.54, 1.807) is 7.11 Å². The van der Waals surface area contributed by atoms with Crippen LogP contribution < -0.4 is 4.74 Å². The van der Waals surface area contributed by atoms with E-state index < -0.39 is 0 Å². The van der Waals surface area contributed by atoms with E-state index in [1.165, 1.54) is 11.1 Å². The van der Waals surface area contributed by atoms with E-state index in [4.69, 9.17) is 14.2 Å². The van der Waals surface area contributed by atoms with Crippen LogP contribution in [0.15, 0.2) is 17.1 Å². The summed E-state index contributed by atoms with van der Waals surface area (Å²) in [5, 5.41) is 0. The molecule has 0 aliphatic carbocycles. The van der Waals surface area contributed by atoms with Crippen molar-refractivity contribution < 1.29 is 14.2 Å². The summed E-state index contributed by atoms with van der Waals surface area (Å²) in [5.74, 6) is 0.896. The molecule has 1 fully saturated rings. The van der Waals surface area contributed by atoms with Gasteiger partial charge < -0.3 is 14.2 Å². The first-order valence-corrected chi connectivity index (χ1v) is 8.59. The quantitative estimate of drug-likeness (QED) is 0.780. The van der Waals surface area contributed by atoms with E-state index in [2.05, 4.69) is 58.7 Å². The number of hydrogen-bond donors (Lipinski definition) is 0.